The topological polar surface area (TPSA) is 170 Å². The van der Waals surface area contributed by atoms with E-state index in [1.165, 1.54) is 19.1 Å². The summed E-state index contributed by atoms with van der Waals surface area (Å²) >= 11 is 0. The molecule has 1 aliphatic rings. The molecule has 11 nitrogen and oxygen atoms in total. The van der Waals surface area contributed by atoms with E-state index >= 15 is 0 Å². The Kier molecular flexibility index (Phi) is 9.87. The molecule has 4 amide bonds. The lowest BCUT2D eigenvalue weighted by atomic mass is 9.91. The number of phenolic OH excluding ortho intramolecular Hbond substituents is 1. The van der Waals surface area contributed by atoms with Crippen molar-refractivity contribution in [1.82, 2.24) is 26.3 Å². The van der Waals surface area contributed by atoms with Crippen LogP contribution in [0.1, 0.15) is 35.3 Å². The molecule has 220 valence electrons. The number of carbonyl (C=O) groups excluding carboxylic acids is 4. The Labute approximate surface area is 243 Å². The fourth-order valence-corrected chi connectivity index (χ4v) is 4.88. The predicted molar refractivity (Wildman–Crippen MR) is 154 cm³/mol. The first-order chi connectivity index (χ1) is 20.1. The van der Waals surface area contributed by atoms with Gasteiger partial charge in [0.2, 0.25) is 17.7 Å². The predicted octanol–water partition coefficient (Wildman–Crippen LogP) is 0.856. The molecule has 6 atom stereocenters. The van der Waals surface area contributed by atoms with Crippen molar-refractivity contribution in [1.29, 1.82) is 0 Å². The molecular weight excluding hydrogens is 538 g/mol. The van der Waals surface area contributed by atoms with Gasteiger partial charge in [-0.3, -0.25) is 24.2 Å². The number of para-hydroxylation sites is 1. The van der Waals surface area contributed by atoms with Gasteiger partial charge in [-0.2, -0.15) is 0 Å². The summed E-state index contributed by atoms with van der Waals surface area (Å²) in [5.41, 5.74) is 1.45. The summed E-state index contributed by atoms with van der Waals surface area (Å²) < 4.78 is 0. The molecule has 2 aromatic carbocycles. The van der Waals surface area contributed by atoms with Gasteiger partial charge in [-0.1, -0.05) is 55.5 Å². The van der Waals surface area contributed by atoms with Crippen LogP contribution < -0.4 is 21.3 Å². The van der Waals surface area contributed by atoms with Gasteiger partial charge in [0.1, 0.15) is 17.8 Å². The number of rotatable bonds is 6. The number of aliphatic hydroxyl groups excluding tert-OH is 1. The lowest BCUT2D eigenvalue weighted by Crippen LogP contribution is -2.64. The van der Waals surface area contributed by atoms with E-state index < -0.39 is 59.8 Å². The molecular formula is C31H35N5O6. The summed E-state index contributed by atoms with van der Waals surface area (Å²) in [6.07, 6.45) is 2.15. The van der Waals surface area contributed by atoms with E-state index in [1.54, 1.807) is 43.6 Å². The quantitative estimate of drug-likeness (QED) is 0.254. The average Bonchev–Trinajstić information content (AvgIpc) is 2.99. The first-order valence-electron chi connectivity index (χ1n) is 13.7. The highest BCUT2D eigenvalue weighted by molar-refractivity contribution is 6.00. The summed E-state index contributed by atoms with van der Waals surface area (Å²) in [5.74, 6) is -3.82. The number of hydrogen-bond donors (Lipinski definition) is 6. The van der Waals surface area contributed by atoms with E-state index in [2.05, 4.69) is 26.3 Å². The molecule has 11 heteroatoms. The Bertz CT molecular complexity index is 1400. The normalized spacial score (nSPS) is 25.2. The number of phenols is 1. The lowest BCUT2D eigenvalue weighted by Gasteiger charge is -2.34. The third kappa shape index (κ3) is 7.49. The third-order valence-corrected chi connectivity index (χ3v) is 7.35. The number of amides is 4. The highest BCUT2D eigenvalue weighted by Crippen LogP contribution is 2.18. The van der Waals surface area contributed by atoms with E-state index in [9.17, 15) is 29.4 Å². The van der Waals surface area contributed by atoms with Crippen LogP contribution in [0.4, 0.5) is 0 Å². The molecule has 0 radical (unpaired) electrons. The number of pyridine rings is 1. The van der Waals surface area contributed by atoms with Crippen LogP contribution in [0.5, 0.6) is 5.75 Å². The van der Waals surface area contributed by atoms with Crippen LogP contribution in [0.3, 0.4) is 0 Å². The number of carbonyl (C=O) groups is 4. The fraction of sp³-hybridized carbons (Fsp3) is 0.323. The molecule has 3 aromatic rings. The van der Waals surface area contributed by atoms with Crippen molar-refractivity contribution in [3.63, 3.8) is 0 Å². The van der Waals surface area contributed by atoms with Crippen molar-refractivity contribution in [2.75, 3.05) is 0 Å². The SMILES string of the molecule is C[C@H]1NC(=O)C(Cc2ccccc2)NC(=O)[C@H](C)[C@H](O)[C@H](Cc2cccnc2)NC(=O)[C@H]1NC(=O)c1ccccc1O. The summed E-state index contributed by atoms with van der Waals surface area (Å²) in [4.78, 5) is 57.7. The van der Waals surface area contributed by atoms with Gasteiger partial charge in [-0.25, -0.2) is 0 Å². The number of aromatic nitrogens is 1. The van der Waals surface area contributed by atoms with E-state index in [1.807, 2.05) is 30.3 Å². The highest BCUT2D eigenvalue weighted by atomic mass is 16.3. The van der Waals surface area contributed by atoms with Gasteiger partial charge < -0.3 is 31.5 Å². The van der Waals surface area contributed by atoms with E-state index in [-0.39, 0.29) is 24.2 Å². The molecule has 2 heterocycles. The molecule has 1 aromatic heterocycles. The van der Waals surface area contributed by atoms with Crippen LogP contribution in [0, 0.1) is 5.92 Å². The van der Waals surface area contributed by atoms with Crippen molar-refractivity contribution in [3.05, 3.63) is 95.8 Å². The van der Waals surface area contributed by atoms with E-state index in [0.29, 0.717) is 5.56 Å². The Morgan fingerprint density at radius 1 is 0.833 bits per heavy atom. The van der Waals surface area contributed by atoms with E-state index in [0.717, 1.165) is 5.56 Å². The molecule has 0 spiro atoms. The maximum atomic E-state index is 13.7. The zero-order chi connectivity index (χ0) is 30.2. The van der Waals surface area contributed by atoms with Gasteiger partial charge in [0.25, 0.3) is 5.91 Å². The summed E-state index contributed by atoms with van der Waals surface area (Å²) in [5, 5.41) is 32.5. The Morgan fingerprint density at radius 3 is 2.21 bits per heavy atom. The number of aliphatic hydroxyl groups is 1. The summed E-state index contributed by atoms with van der Waals surface area (Å²) in [7, 11) is 0. The van der Waals surface area contributed by atoms with Gasteiger partial charge in [0.15, 0.2) is 0 Å². The Morgan fingerprint density at radius 2 is 1.52 bits per heavy atom. The van der Waals surface area contributed by atoms with Crippen molar-refractivity contribution in [2.45, 2.75) is 57.0 Å². The van der Waals surface area contributed by atoms with Crippen molar-refractivity contribution in [3.8, 4) is 5.75 Å². The summed E-state index contributed by atoms with van der Waals surface area (Å²) in [6.45, 7) is 3.07. The Hall–Kier alpha value is -4.77. The second-order valence-electron chi connectivity index (χ2n) is 10.5. The van der Waals surface area contributed by atoms with Gasteiger partial charge >= 0.3 is 0 Å². The lowest BCUT2D eigenvalue weighted by molar-refractivity contribution is -0.136. The van der Waals surface area contributed by atoms with Crippen LogP contribution in [0.25, 0.3) is 0 Å². The van der Waals surface area contributed by atoms with Crippen LogP contribution in [0.15, 0.2) is 79.1 Å². The molecule has 42 heavy (non-hydrogen) atoms. The fourth-order valence-electron chi connectivity index (χ4n) is 4.88. The van der Waals surface area contributed by atoms with Gasteiger partial charge in [0, 0.05) is 18.8 Å². The second kappa shape index (κ2) is 13.7. The average molecular weight is 574 g/mol. The van der Waals surface area contributed by atoms with Crippen LogP contribution in [0.2, 0.25) is 0 Å². The molecule has 1 unspecified atom stereocenters. The first-order valence-corrected chi connectivity index (χ1v) is 13.7. The van der Waals surface area contributed by atoms with Crippen LogP contribution in [-0.2, 0) is 27.2 Å². The highest BCUT2D eigenvalue weighted by Gasteiger charge is 2.38. The maximum Gasteiger partial charge on any atom is 0.255 e. The zero-order valence-electron chi connectivity index (χ0n) is 23.4. The zero-order valence-corrected chi connectivity index (χ0v) is 23.4. The number of aromatic hydroxyl groups is 1. The second-order valence-corrected chi connectivity index (χ2v) is 10.5. The van der Waals surface area contributed by atoms with Crippen LogP contribution >= 0.6 is 0 Å². The van der Waals surface area contributed by atoms with Gasteiger partial charge in [0.05, 0.1) is 29.7 Å². The Balaban J connectivity index is 1.69. The molecule has 1 saturated heterocycles. The molecule has 0 saturated carbocycles. The molecule has 0 bridgehead atoms. The minimum absolute atomic E-state index is 0.0512. The summed E-state index contributed by atoms with van der Waals surface area (Å²) in [6, 6.07) is 14.3. The minimum Gasteiger partial charge on any atom is -0.507 e. The van der Waals surface area contributed by atoms with Crippen molar-refractivity contribution in [2.24, 2.45) is 5.92 Å². The molecule has 6 N–H and O–H groups in total. The van der Waals surface area contributed by atoms with Gasteiger partial charge in [-0.05, 0) is 42.7 Å². The molecule has 1 aliphatic heterocycles. The van der Waals surface area contributed by atoms with Gasteiger partial charge in [-0.15, -0.1) is 0 Å². The number of nitrogens with zero attached hydrogens (tertiary/aromatic N) is 1. The number of hydrogen-bond acceptors (Lipinski definition) is 7. The molecule has 0 aliphatic carbocycles. The third-order valence-electron chi connectivity index (χ3n) is 7.35. The maximum absolute atomic E-state index is 13.7. The largest absolute Gasteiger partial charge is 0.507 e. The smallest absolute Gasteiger partial charge is 0.255 e. The first kappa shape index (κ1) is 30.2. The monoisotopic (exact) mass is 573 g/mol. The van der Waals surface area contributed by atoms with E-state index in [4.69, 9.17) is 0 Å². The van der Waals surface area contributed by atoms with Crippen molar-refractivity contribution >= 4 is 23.6 Å². The van der Waals surface area contributed by atoms with Crippen LogP contribution in [-0.4, -0.2) is 69.1 Å². The number of benzene rings is 2. The minimum atomic E-state index is -1.35. The standard InChI is InChI=1S/C31H35N5O6/c1-18-27(38)23(16-21-11-8-14-32-17-21)34-31(42)26(36-29(40)22-12-6-7-13-25(22)37)19(2)33-30(41)24(35-28(18)39)15-20-9-4-3-5-10-20/h3-14,17-19,23-24,26-27,37-38H,15-16H2,1-2H3,(H,33,41)(H,34,42)(H,35,39)(H,36,40)/t18-,19-,23+,24?,26+,27+/m1/s1. The molecule has 1 fully saturated rings. The molecule has 4 rings (SSSR count). The van der Waals surface area contributed by atoms with Crippen molar-refractivity contribution < 1.29 is 29.4 Å². The number of nitrogens with one attached hydrogen (secondary N) is 4.